The lowest BCUT2D eigenvalue weighted by atomic mass is 9.88. The van der Waals surface area contributed by atoms with Gasteiger partial charge in [0.05, 0.1) is 6.10 Å². The van der Waals surface area contributed by atoms with Gasteiger partial charge in [-0.25, -0.2) is 0 Å². The molecule has 0 saturated carbocycles. The maximum absolute atomic E-state index is 11.1. The van der Waals surface area contributed by atoms with Crippen molar-refractivity contribution in [3.63, 3.8) is 0 Å². The summed E-state index contributed by atoms with van der Waals surface area (Å²) in [5.41, 5.74) is 1.08. The van der Waals surface area contributed by atoms with E-state index in [2.05, 4.69) is 59.9 Å². The molecular weight excluding hydrogens is 270 g/mol. The Morgan fingerprint density at radius 2 is 1.55 bits per heavy atom. The third kappa shape index (κ3) is 2.29. The number of hydrogen-bond donors (Lipinski definition) is 2. The van der Waals surface area contributed by atoms with Crippen LogP contribution in [0.2, 0.25) is 0 Å². The number of benzene rings is 3. The first-order valence-electron chi connectivity index (χ1n) is 8.16. The van der Waals surface area contributed by atoms with Gasteiger partial charge in [-0.15, -0.1) is 0 Å². The molecule has 22 heavy (non-hydrogen) atoms. The van der Waals surface area contributed by atoms with Gasteiger partial charge in [0.1, 0.15) is 0 Å². The van der Waals surface area contributed by atoms with Crippen LogP contribution in [0.25, 0.3) is 21.5 Å². The van der Waals surface area contributed by atoms with Gasteiger partial charge < -0.3 is 10.4 Å². The molecule has 1 saturated heterocycles. The molecule has 0 spiro atoms. The molecule has 2 atom stereocenters. The molecule has 0 aromatic heterocycles. The van der Waals surface area contributed by atoms with Gasteiger partial charge in [0, 0.05) is 6.04 Å². The topological polar surface area (TPSA) is 32.3 Å². The predicted molar refractivity (Wildman–Crippen MR) is 92.1 cm³/mol. The van der Waals surface area contributed by atoms with E-state index in [9.17, 15) is 5.11 Å². The van der Waals surface area contributed by atoms with Gasteiger partial charge in [0.25, 0.3) is 0 Å². The standard InChI is InChI=1S/C20H21NO/c22-20(18-11-5-6-12-21-18)19-16-9-3-1-7-14(16)13-15-8-2-4-10-17(15)19/h1-4,7-10,13,18,20-22H,5-6,11-12H2/t18-,20+/m0/s1. The maximum Gasteiger partial charge on any atom is 0.0954 e. The Morgan fingerprint density at radius 3 is 2.14 bits per heavy atom. The quantitative estimate of drug-likeness (QED) is 0.695. The van der Waals surface area contributed by atoms with Crippen molar-refractivity contribution in [2.75, 3.05) is 6.54 Å². The molecule has 1 aliphatic rings. The summed E-state index contributed by atoms with van der Waals surface area (Å²) >= 11 is 0. The highest BCUT2D eigenvalue weighted by molar-refractivity contribution is 6.02. The summed E-state index contributed by atoms with van der Waals surface area (Å²) in [6, 6.07) is 19.1. The largest absolute Gasteiger partial charge is 0.387 e. The second kappa shape index (κ2) is 5.71. The van der Waals surface area contributed by atoms with E-state index >= 15 is 0 Å². The number of aliphatic hydroxyl groups is 1. The van der Waals surface area contributed by atoms with Crippen molar-refractivity contribution in [2.24, 2.45) is 0 Å². The molecule has 2 heteroatoms. The Balaban J connectivity index is 1.95. The second-order valence-electron chi connectivity index (χ2n) is 6.23. The number of piperidine rings is 1. The van der Waals surface area contributed by atoms with Gasteiger partial charge >= 0.3 is 0 Å². The van der Waals surface area contributed by atoms with E-state index in [-0.39, 0.29) is 6.04 Å². The molecule has 1 aliphatic heterocycles. The van der Waals surface area contributed by atoms with Crippen molar-refractivity contribution in [2.45, 2.75) is 31.4 Å². The number of rotatable bonds is 2. The first-order chi connectivity index (χ1) is 10.8. The van der Waals surface area contributed by atoms with Crippen molar-refractivity contribution in [3.05, 3.63) is 60.2 Å². The lowest BCUT2D eigenvalue weighted by Crippen LogP contribution is -2.38. The molecule has 112 valence electrons. The zero-order valence-corrected chi connectivity index (χ0v) is 12.6. The molecule has 2 nitrogen and oxygen atoms in total. The van der Waals surface area contributed by atoms with E-state index in [4.69, 9.17) is 0 Å². The van der Waals surface area contributed by atoms with Gasteiger partial charge in [-0.3, -0.25) is 0 Å². The minimum atomic E-state index is -0.462. The summed E-state index contributed by atoms with van der Waals surface area (Å²) in [5.74, 6) is 0. The monoisotopic (exact) mass is 291 g/mol. The first kappa shape index (κ1) is 13.7. The molecule has 0 amide bonds. The number of aliphatic hydroxyl groups excluding tert-OH is 1. The lowest BCUT2D eigenvalue weighted by Gasteiger charge is -2.29. The number of hydrogen-bond acceptors (Lipinski definition) is 2. The fourth-order valence-corrected chi connectivity index (χ4v) is 3.72. The van der Waals surface area contributed by atoms with Crippen LogP contribution in [0.4, 0.5) is 0 Å². The molecule has 1 heterocycles. The summed E-state index contributed by atoms with van der Waals surface area (Å²) in [7, 11) is 0. The van der Waals surface area contributed by atoms with Gasteiger partial charge in [0.2, 0.25) is 0 Å². The molecule has 0 aliphatic carbocycles. The summed E-state index contributed by atoms with van der Waals surface area (Å²) < 4.78 is 0. The Hall–Kier alpha value is -1.90. The highest BCUT2D eigenvalue weighted by Crippen LogP contribution is 2.35. The van der Waals surface area contributed by atoms with Crippen LogP contribution in [0, 0.1) is 0 Å². The van der Waals surface area contributed by atoms with Crippen molar-refractivity contribution in [3.8, 4) is 0 Å². The average molecular weight is 291 g/mol. The van der Waals surface area contributed by atoms with E-state index in [1.165, 1.54) is 34.4 Å². The Morgan fingerprint density at radius 1 is 0.909 bits per heavy atom. The molecule has 0 unspecified atom stereocenters. The molecule has 4 rings (SSSR count). The van der Waals surface area contributed by atoms with E-state index in [0.29, 0.717) is 0 Å². The van der Waals surface area contributed by atoms with Crippen LogP contribution in [-0.4, -0.2) is 17.7 Å². The molecule has 0 bridgehead atoms. The van der Waals surface area contributed by atoms with E-state index in [1.54, 1.807) is 0 Å². The minimum Gasteiger partial charge on any atom is -0.387 e. The Labute approximate surface area is 130 Å². The van der Waals surface area contributed by atoms with Crippen molar-refractivity contribution >= 4 is 21.5 Å². The normalized spacial score (nSPS) is 20.3. The van der Waals surface area contributed by atoms with Crippen LogP contribution >= 0.6 is 0 Å². The van der Waals surface area contributed by atoms with Crippen LogP contribution in [-0.2, 0) is 0 Å². The number of nitrogens with one attached hydrogen (secondary N) is 1. The van der Waals surface area contributed by atoms with Crippen molar-refractivity contribution < 1.29 is 5.11 Å². The SMILES string of the molecule is O[C@@H](c1c2ccccc2cc2ccccc12)[C@@H]1CCCCN1. The molecule has 0 radical (unpaired) electrons. The fraction of sp³-hybridized carbons (Fsp3) is 0.300. The summed E-state index contributed by atoms with van der Waals surface area (Å²) in [4.78, 5) is 0. The average Bonchev–Trinajstić information content (AvgIpc) is 2.60. The Kier molecular flexibility index (Phi) is 3.57. The molecule has 2 N–H and O–H groups in total. The maximum atomic E-state index is 11.1. The first-order valence-corrected chi connectivity index (χ1v) is 8.16. The third-order valence-corrected chi connectivity index (χ3v) is 4.84. The van der Waals surface area contributed by atoms with E-state index in [1.807, 2.05) is 0 Å². The predicted octanol–water partition coefficient (Wildman–Crippen LogP) is 4.17. The third-order valence-electron chi connectivity index (χ3n) is 4.84. The Bertz CT molecular complexity index is 751. The zero-order valence-electron chi connectivity index (χ0n) is 12.6. The van der Waals surface area contributed by atoms with Crippen LogP contribution in [0.15, 0.2) is 54.6 Å². The number of fused-ring (bicyclic) bond motifs is 2. The van der Waals surface area contributed by atoms with Crippen LogP contribution in [0.5, 0.6) is 0 Å². The lowest BCUT2D eigenvalue weighted by molar-refractivity contribution is 0.116. The summed E-state index contributed by atoms with van der Waals surface area (Å²) in [6.07, 6.45) is 2.98. The van der Waals surface area contributed by atoms with Crippen LogP contribution in [0.3, 0.4) is 0 Å². The zero-order chi connectivity index (χ0) is 14.9. The highest BCUT2D eigenvalue weighted by atomic mass is 16.3. The van der Waals surface area contributed by atoms with E-state index in [0.717, 1.165) is 18.5 Å². The van der Waals surface area contributed by atoms with Gasteiger partial charge in [-0.05, 0) is 52.6 Å². The smallest absolute Gasteiger partial charge is 0.0954 e. The summed E-state index contributed by atoms with van der Waals surface area (Å²) in [6.45, 7) is 1.00. The molecule has 1 fully saturated rings. The fourth-order valence-electron chi connectivity index (χ4n) is 3.72. The molecule has 3 aromatic carbocycles. The van der Waals surface area contributed by atoms with Crippen LogP contribution in [0.1, 0.15) is 30.9 Å². The van der Waals surface area contributed by atoms with Crippen molar-refractivity contribution in [1.29, 1.82) is 0 Å². The highest BCUT2D eigenvalue weighted by Gasteiger charge is 2.25. The minimum absolute atomic E-state index is 0.156. The molecular formula is C20H21NO. The van der Waals surface area contributed by atoms with Crippen molar-refractivity contribution in [1.82, 2.24) is 5.32 Å². The van der Waals surface area contributed by atoms with Gasteiger partial charge in [0.15, 0.2) is 0 Å². The van der Waals surface area contributed by atoms with E-state index < -0.39 is 6.10 Å². The summed E-state index contributed by atoms with van der Waals surface area (Å²) in [5, 5.41) is 19.3. The van der Waals surface area contributed by atoms with Gasteiger partial charge in [-0.2, -0.15) is 0 Å². The second-order valence-corrected chi connectivity index (χ2v) is 6.23. The van der Waals surface area contributed by atoms with Crippen LogP contribution < -0.4 is 5.32 Å². The van der Waals surface area contributed by atoms with Gasteiger partial charge in [-0.1, -0.05) is 55.0 Å². The molecule has 3 aromatic rings.